The summed E-state index contributed by atoms with van der Waals surface area (Å²) < 4.78 is 5.22. The summed E-state index contributed by atoms with van der Waals surface area (Å²) in [5, 5.41) is 0. The molecular formula is C13H28N2O. The highest BCUT2D eigenvalue weighted by Crippen LogP contribution is 2.19. The van der Waals surface area contributed by atoms with Crippen molar-refractivity contribution < 1.29 is 4.74 Å². The molecule has 0 saturated carbocycles. The number of hydrogen-bond acceptors (Lipinski definition) is 3. The Morgan fingerprint density at radius 1 is 1.44 bits per heavy atom. The molecule has 1 aliphatic rings. The second-order valence-corrected chi connectivity index (χ2v) is 5.60. The van der Waals surface area contributed by atoms with E-state index in [0.717, 1.165) is 25.0 Å². The summed E-state index contributed by atoms with van der Waals surface area (Å²) in [6.45, 7) is 9.89. The predicted molar refractivity (Wildman–Crippen MR) is 68.4 cm³/mol. The maximum Gasteiger partial charge on any atom is 0.0503 e. The third-order valence-electron chi connectivity index (χ3n) is 3.43. The minimum absolute atomic E-state index is 0.668. The third-order valence-corrected chi connectivity index (χ3v) is 3.43. The van der Waals surface area contributed by atoms with E-state index in [0.29, 0.717) is 5.92 Å². The van der Waals surface area contributed by atoms with Crippen molar-refractivity contribution in [3.63, 3.8) is 0 Å². The van der Waals surface area contributed by atoms with Crippen LogP contribution in [0.4, 0.5) is 0 Å². The van der Waals surface area contributed by atoms with Gasteiger partial charge in [-0.25, -0.2) is 0 Å². The van der Waals surface area contributed by atoms with Crippen molar-refractivity contribution in [2.24, 2.45) is 23.5 Å². The molecule has 0 aromatic heterocycles. The van der Waals surface area contributed by atoms with Crippen LogP contribution in [0, 0.1) is 17.8 Å². The Labute approximate surface area is 100 Å². The van der Waals surface area contributed by atoms with E-state index in [1.165, 1.54) is 32.5 Å². The van der Waals surface area contributed by atoms with Crippen LogP contribution in [0.5, 0.6) is 0 Å². The average Bonchev–Trinajstić information content (AvgIpc) is 2.64. The SMILES string of the molecule is COCC1CCN(CC(CN)CC(C)C)C1. The van der Waals surface area contributed by atoms with E-state index >= 15 is 0 Å². The van der Waals surface area contributed by atoms with Crippen LogP contribution in [0.3, 0.4) is 0 Å². The molecule has 16 heavy (non-hydrogen) atoms. The van der Waals surface area contributed by atoms with Crippen molar-refractivity contribution in [3.05, 3.63) is 0 Å². The lowest BCUT2D eigenvalue weighted by molar-refractivity contribution is 0.150. The number of methoxy groups -OCH3 is 1. The zero-order chi connectivity index (χ0) is 12.0. The number of nitrogens with two attached hydrogens (primary N) is 1. The van der Waals surface area contributed by atoms with Crippen molar-refractivity contribution in [1.29, 1.82) is 0 Å². The maximum atomic E-state index is 5.84. The molecule has 3 heteroatoms. The molecule has 1 aliphatic heterocycles. The Kier molecular flexibility index (Phi) is 6.32. The van der Waals surface area contributed by atoms with Crippen LogP contribution in [0.1, 0.15) is 26.7 Å². The monoisotopic (exact) mass is 228 g/mol. The molecule has 0 spiro atoms. The first kappa shape index (κ1) is 13.9. The standard InChI is InChI=1S/C13H28N2O/c1-11(2)6-13(7-14)9-15-5-4-12(8-15)10-16-3/h11-13H,4-10,14H2,1-3H3. The lowest BCUT2D eigenvalue weighted by Crippen LogP contribution is -2.32. The number of hydrogen-bond donors (Lipinski definition) is 1. The van der Waals surface area contributed by atoms with Crippen LogP contribution in [0.15, 0.2) is 0 Å². The third kappa shape index (κ3) is 4.81. The average molecular weight is 228 g/mol. The summed E-state index contributed by atoms with van der Waals surface area (Å²) in [7, 11) is 1.80. The molecule has 0 radical (unpaired) electrons. The van der Waals surface area contributed by atoms with Gasteiger partial charge in [0.05, 0.1) is 6.61 Å². The molecule has 3 nitrogen and oxygen atoms in total. The summed E-state index contributed by atoms with van der Waals surface area (Å²) in [5.41, 5.74) is 5.84. The van der Waals surface area contributed by atoms with Crippen LogP contribution in [0.25, 0.3) is 0 Å². The van der Waals surface area contributed by atoms with E-state index in [1.54, 1.807) is 7.11 Å². The number of likely N-dealkylation sites (tertiary alicyclic amines) is 1. The fraction of sp³-hybridized carbons (Fsp3) is 1.00. The molecular weight excluding hydrogens is 200 g/mol. The van der Waals surface area contributed by atoms with Gasteiger partial charge < -0.3 is 15.4 Å². The fourth-order valence-electron chi connectivity index (χ4n) is 2.73. The van der Waals surface area contributed by atoms with Crippen LogP contribution in [-0.4, -0.2) is 44.8 Å². The first-order valence-electron chi connectivity index (χ1n) is 6.57. The minimum atomic E-state index is 0.668. The first-order valence-corrected chi connectivity index (χ1v) is 6.57. The molecule has 2 atom stereocenters. The Morgan fingerprint density at radius 2 is 2.19 bits per heavy atom. The zero-order valence-corrected chi connectivity index (χ0v) is 11.1. The van der Waals surface area contributed by atoms with Gasteiger partial charge in [0.1, 0.15) is 0 Å². The van der Waals surface area contributed by atoms with Gasteiger partial charge in [-0.2, -0.15) is 0 Å². The van der Waals surface area contributed by atoms with E-state index in [-0.39, 0.29) is 0 Å². The van der Waals surface area contributed by atoms with Crippen LogP contribution in [-0.2, 0) is 4.74 Å². The summed E-state index contributed by atoms with van der Waals surface area (Å²) >= 11 is 0. The molecule has 2 N–H and O–H groups in total. The Morgan fingerprint density at radius 3 is 2.75 bits per heavy atom. The van der Waals surface area contributed by atoms with Gasteiger partial charge in [-0.3, -0.25) is 0 Å². The van der Waals surface area contributed by atoms with E-state index in [4.69, 9.17) is 10.5 Å². The molecule has 1 saturated heterocycles. The molecule has 2 unspecified atom stereocenters. The second-order valence-electron chi connectivity index (χ2n) is 5.60. The van der Waals surface area contributed by atoms with Gasteiger partial charge in [-0.1, -0.05) is 13.8 Å². The second kappa shape index (κ2) is 7.25. The van der Waals surface area contributed by atoms with E-state index in [9.17, 15) is 0 Å². The summed E-state index contributed by atoms with van der Waals surface area (Å²) in [5.74, 6) is 2.16. The molecule has 1 rings (SSSR count). The number of rotatable bonds is 7. The first-order chi connectivity index (χ1) is 7.65. The van der Waals surface area contributed by atoms with Crippen molar-refractivity contribution in [2.45, 2.75) is 26.7 Å². The molecule has 0 amide bonds. The highest BCUT2D eigenvalue weighted by molar-refractivity contribution is 4.78. The molecule has 0 aliphatic carbocycles. The number of nitrogens with zero attached hydrogens (tertiary/aromatic N) is 1. The summed E-state index contributed by atoms with van der Waals surface area (Å²) in [6, 6.07) is 0. The normalized spacial score (nSPS) is 24.2. The zero-order valence-electron chi connectivity index (χ0n) is 11.1. The smallest absolute Gasteiger partial charge is 0.0503 e. The van der Waals surface area contributed by atoms with E-state index < -0.39 is 0 Å². The van der Waals surface area contributed by atoms with Crippen LogP contribution < -0.4 is 5.73 Å². The Hall–Kier alpha value is -0.120. The van der Waals surface area contributed by atoms with Gasteiger partial charge in [0, 0.05) is 20.2 Å². The molecule has 96 valence electrons. The summed E-state index contributed by atoms with van der Waals surface area (Å²) in [6.07, 6.45) is 2.54. The highest BCUT2D eigenvalue weighted by atomic mass is 16.5. The van der Waals surface area contributed by atoms with Gasteiger partial charge in [-0.05, 0) is 43.7 Å². The molecule has 0 aromatic carbocycles. The van der Waals surface area contributed by atoms with Crippen LogP contribution in [0.2, 0.25) is 0 Å². The Bertz CT molecular complexity index is 185. The summed E-state index contributed by atoms with van der Waals surface area (Å²) in [4.78, 5) is 2.56. The fourth-order valence-corrected chi connectivity index (χ4v) is 2.73. The van der Waals surface area contributed by atoms with Crippen molar-refractivity contribution in [3.8, 4) is 0 Å². The maximum absolute atomic E-state index is 5.84. The van der Waals surface area contributed by atoms with Gasteiger partial charge in [0.25, 0.3) is 0 Å². The lowest BCUT2D eigenvalue weighted by Gasteiger charge is -2.24. The predicted octanol–water partition coefficient (Wildman–Crippen LogP) is 1.58. The van der Waals surface area contributed by atoms with Crippen molar-refractivity contribution >= 4 is 0 Å². The minimum Gasteiger partial charge on any atom is -0.384 e. The largest absolute Gasteiger partial charge is 0.384 e. The quantitative estimate of drug-likeness (QED) is 0.719. The molecule has 0 bridgehead atoms. The topological polar surface area (TPSA) is 38.5 Å². The molecule has 0 aromatic rings. The van der Waals surface area contributed by atoms with Gasteiger partial charge in [0.15, 0.2) is 0 Å². The van der Waals surface area contributed by atoms with Crippen LogP contribution >= 0.6 is 0 Å². The number of ether oxygens (including phenoxy) is 1. The lowest BCUT2D eigenvalue weighted by atomic mass is 9.97. The van der Waals surface area contributed by atoms with Crippen molar-refractivity contribution in [2.75, 3.05) is 39.9 Å². The van der Waals surface area contributed by atoms with Crippen molar-refractivity contribution in [1.82, 2.24) is 4.90 Å². The van der Waals surface area contributed by atoms with E-state index in [2.05, 4.69) is 18.7 Å². The van der Waals surface area contributed by atoms with Gasteiger partial charge in [0.2, 0.25) is 0 Å². The highest BCUT2D eigenvalue weighted by Gasteiger charge is 2.24. The van der Waals surface area contributed by atoms with E-state index in [1.807, 2.05) is 0 Å². The molecule has 1 heterocycles. The van der Waals surface area contributed by atoms with Gasteiger partial charge >= 0.3 is 0 Å². The van der Waals surface area contributed by atoms with Gasteiger partial charge in [-0.15, -0.1) is 0 Å². The Balaban J connectivity index is 2.25. The molecule has 1 fully saturated rings.